The van der Waals surface area contributed by atoms with Crippen LogP contribution in [0.15, 0.2) is 18.3 Å². The molecule has 0 N–H and O–H groups in total. The Labute approximate surface area is 114 Å². The van der Waals surface area contributed by atoms with Gasteiger partial charge in [-0.3, -0.25) is 0 Å². The Balaban J connectivity index is 2.01. The number of imidazole rings is 1. The van der Waals surface area contributed by atoms with E-state index in [1.807, 2.05) is 16.8 Å². The van der Waals surface area contributed by atoms with Crippen molar-refractivity contribution in [2.24, 2.45) is 0 Å². The van der Waals surface area contributed by atoms with Gasteiger partial charge in [0.15, 0.2) is 5.65 Å². The molecular formula is C12H15IN4. The van der Waals surface area contributed by atoms with Gasteiger partial charge in [0, 0.05) is 12.6 Å². The Morgan fingerprint density at radius 1 is 1.35 bits per heavy atom. The third kappa shape index (κ3) is 2.00. The van der Waals surface area contributed by atoms with E-state index < -0.39 is 0 Å². The average Bonchev–Trinajstić information content (AvgIpc) is 2.71. The van der Waals surface area contributed by atoms with E-state index in [0.29, 0.717) is 6.04 Å². The standard InChI is InChI=1S/C12H15IN4/c1-9-4-2-3-7-16(9)12-6-5-11-14-8-10(13)17(11)15-12/h5-6,8-9H,2-4,7H2,1H3. The lowest BCUT2D eigenvalue weighted by Gasteiger charge is -2.34. The monoisotopic (exact) mass is 342 g/mol. The highest BCUT2D eigenvalue weighted by molar-refractivity contribution is 14.1. The number of piperidine rings is 1. The summed E-state index contributed by atoms with van der Waals surface area (Å²) in [4.78, 5) is 6.70. The number of rotatable bonds is 1. The highest BCUT2D eigenvalue weighted by Crippen LogP contribution is 2.23. The molecule has 1 aliphatic rings. The maximum Gasteiger partial charge on any atom is 0.154 e. The van der Waals surface area contributed by atoms with Crippen LogP contribution in [0.4, 0.5) is 5.82 Å². The average molecular weight is 342 g/mol. The van der Waals surface area contributed by atoms with Crippen LogP contribution in [0.5, 0.6) is 0 Å². The van der Waals surface area contributed by atoms with Gasteiger partial charge < -0.3 is 4.90 Å². The first kappa shape index (κ1) is 11.3. The summed E-state index contributed by atoms with van der Waals surface area (Å²) in [5.41, 5.74) is 0.919. The molecule has 0 saturated carbocycles. The molecule has 0 spiro atoms. The summed E-state index contributed by atoms with van der Waals surface area (Å²) in [6.07, 6.45) is 5.72. The van der Waals surface area contributed by atoms with Crippen molar-refractivity contribution >= 4 is 34.1 Å². The molecule has 4 nitrogen and oxygen atoms in total. The normalized spacial score (nSPS) is 21.1. The highest BCUT2D eigenvalue weighted by atomic mass is 127. The smallest absolute Gasteiger partial charge is 0.154 e. The van der Waals surface area contributed by atoms with Crippen LogP contribution >= 0.6 is 22.6 Å². The molecule has 0 aromatic carbocycles. The van der Waals surface area contributed by atoms with Crippen LogP contribution in [-0.2, 0) is 0 Å². The predicted octanol–water partition coefficient (Wildman–Crippen LogP) is 2.71. The molecular weight excluding hydrogens is 327 g/mol. The number of fused-ring (bicyclic) bond motifs is 1. The second kappa shape index (κ2) is 4.44. The van der Waals surface area contributed by atoms with E-state index in [1.54, 1.807) is 0 Å². The molecule has 3 rings (SSSR count). The third-order valence-corrected chi connectivity index (χ3v) is 4.14. The van der Waals surface area contributed by atoms with Crippen molar-refractivity contribution in [3.8, 4) is 0 Å². The lowest BCUT2D eigenvalue weighted by Crippen LogP contribution is -2.38. The Hall–Kier alpha value is -0.850. The van der Waals surface area contributed by atoms with Gasteiger partial charge in [-0.1, -0.05) is 0 Å². The molecule has 0 aliphatic carbocycles. The highest BCUT2D eigenvalue weighted by Gasteiger charge is 2.20. The zero-order valence-corrected chi connectivity index (χ0v) is 12.0. The first-order valence-electron chi connectivity index (χ1n) is 6.02. The van der Waals surface area contributed by atoms with Crippen LogP contribution in [0.2, 0.25) is 0 Å². The predicted molar refractivity (Wildman–Crippen MR) is 76.4 cm³/mol. The summed E-state index contributed by atoms with van der Waals surface area (Å²) >= 11 is 2.27. The molecule has 0 bridgehead atoms. The number of hydrogen-bond acceptors (Lipinski definition) is 3. The summed E-state index contributed by atoms with van der Waals surface area (Å²) in [6.45, 7) is 3.40. The van der Waals surface area contributed by atoms with Crippen LogP contribution in [0.3, 0.4) is 0 Å². The quantitative estimate of drug-likeness (QED) is 0.748. The topological polar surface area (TPSA) is 33.4 Å². The molecule has 17 heavy (non-hydrogen) atoms. The summed E-state index contributed by atoms with van der Waals surface area (Å²) in [5.74, 6) is 1.07. The van der Waals surface area contributed by atoms with E-state index in [4.69, 9.17) is 0 Å². The number of aromatic nitrogens is 3. The van der Waals surface area contributed by atoms with Gasteiger partial charge in [-0.05, 0) is 60.9 Å². The zero-order chi connectivity index (χ0) is 11.8. The van der Waals surface area contributed by atoms with Gasteiger partial charge in [0.05, 0.1) is 6.20 Å². The SMILES string of the molecule is CC1CCCCN1c1ccc2ncc(I)n2n1. The van der Waals surface area contributed by atoms with E-state index >= 15 is 0 Å². The third-order valence-electron chi connectivity index (χ3n) is 3.40. The Bertz CT molecular complexity index is 536. The molecule has 1 fully saturated rings. The van der Waals surface area contributed by atoms with Crippen molar-refractivity contribution < 1.29 is 0 Å². The van der Waals surface area contributed by atoms with Gasteiger partial charge in [0.2, 0.25) is 0 Å². The minimum atomic E-state index is 0.592. The molecule has 0 amide bonds. The van der Waals surface area contributed by atoms with Crippen molar-refractivity contribution in [1.29, 1.82) is 0 Å². The summed E-state index contributed by atoms with van der Waals surface area (Å²) in [5, 5.41) is 4.68. The largest absolute Gasteiger partial charge is 0.352 e. The first-order chi connectivity index (χ1) is 8.25. The molecule has 3 heterocycles. The van der Waals surface area contributed by atoms with Gasteiger partial charge in [-0.15, -0.1) is 5.10 Å². The maximum absolute atomic E-state index is 4.68. The number of hydrogen-bond donors (Lipinski definition) is 0. The Morgan fingerprint density at radius 3 is 3.06 bits per heavy atom. The van der Waals surface area contributed by atoms with E-state index in [2.05, 4.69) is 50.6 Å². The van der Waals surface area contributed by atoms with Gasteiger partial charge >= 0.3 is 0 Å². The molecule has 1 unspecified atom stereocenters. The second-order valence-electron chi connectivity index (χ2n) is 4.58. The van der Waals surface area contributed by atoms with Crippen LogP contribution < -0.4 is 4.90 Å². The Kier molecular flexibility index (Phi) is 2.94. The molecule has 90 valence electrons. The minimum Gasteiger partial charge on any atom is -0.352 e. The van der Waals surface area contributed by atoms with E-state index in [0.717, 1.165) is 21.7 Å². The van der Waals surface area contributed by atoms with Crippen molar-refractivity contribution in [3.63, 3.8) is 0 Å². The fraction of sp³-hybridized carbons (Fsp3) is 0.500. The summed E-state index contributed by atoms with van der Waals surface area (Å²) < 4.78 is 2.97. The number of anilines is 1. The van der Waals surface area contributed by atoms with Gasteiger partial charge in [0.25, 0.3) is 0 Å². The minimum absolute atomic E-state index is 0.592. The molecule has 2 aromatic heterocycles. The van der Waals surface area contributed by atoms with Gasteiger partial charge in [-0.2, -0.15) is 0 Å². The lowest BCUT2D eigenvalue weighted by atomic mass is 10.0. The zero-order valence-electron chi connectivity index (χ0n) is 9.80. The first-order valence-corrected chi connectivity index (χ1v) is 7.10. The fourth-order valence-electron chi connectivity index (χ4n) is 2.43. The molecule has 1 atom stereocenters. The van der Waals surface area contributed by atoms with Crippen molar-refractivity contribution in [2.75, 3.05) is 11.4 Å². The Morgan fingerprint density at radius 2 is 2.24 bits per heavy atom. The summed E-state index contributed by atoms with van der Waals surface area (Å²) in [6, 6.07) is 4.72. The molecule has 2 aromatic rings. The maximum atomic E-state index is 4.68. The van der Waals surface area contributed by atoms with Gasteiger partial charge in [-0.25, -0.2) is 9.50 Å². The van der Waals surface area contributed by atoms with E-state index in [1.165, 1.54) is 19.3 Å². The van der Waals surface area contributed by atoms with Crippen LogP contribution in [0, 0.1) is 3.70 Å². The van der Waals surface area contributed by atoms with Gasteiger partial charge in [0.1, 0.15) is 9.52 Å². The van der Waals surface area contributed by atoms with Crippen molar-refractivity contribution in [3.05, 3.63) is 22.0 Å². The van der Waals surface area contributed by atoms with Crippen LogP contribution in [0.25, 0.3) is 5.65 Å². The number of nitrogens with zero attached hydrogens (tertiary/aromatic N) is 4. The second-order valence-corrected chi connectivity index (χ2v) is 5.69. The molecule has 1 aliphatic heterocycles. The lowest BCUT2D eigenvalue weighted by molar-refractivity contribution is 0.479. The fourth-order valence-corrected chi connectivity index (χ4v) is 2.92. The summed E-state index contributed by atoms with van der Waals surface area (Å²) in [7, 11) is 0. The van der Waals surface area contributed by atoms with E-state index in [-0.39, 0.29) is 0 Å². The molecule has 1 saturated heterocycles. The number of halogens is 1. The van der Waals surface area contributed by atoms with Crippen molar-refractivity contribution in [2.45, 2.75) is 32.2 Å². The molecule has 5 heteroatoms. The van der Waals surface area contributed by atoms with E-state index in [9.17, 15) is 0 Å². The van der Waals surface area contributed by atoms with Crippen LogP contribution in [0.1, 0.15) is 26.2 Å². The van der Waals surface area contributed by atoms with Crippen LogP contribution in [-0.4, -0.2) is 27.2 Å². The molecule has 0 radical (unpaired) electrons. The van der Waals surface area contributed by atoms with Crippen molar-refractivity contribution in [1.82, 2.24) is 14.6 Å².